The zero-order chi connectivity index (χ0) is 18.4. The summed E-state index contributed by atoms with van der Waals surface area (Å²) in [6, 6.07) is 2.47. The number of hydrogen-bond acceptors (Lipinski definition) is 4. The average molecular weight is 373 g/mol. The summed E-state index contributed by atoms with van der Waals surface area (Å²) in [5.41, 5.74) is -0.0714. The van der Waals surface area contributed by atoms with Gasteiger partial charge in [0.15, 0.2) is 9.84 Å². The fourth-order valence-electron chi connectivity index (χ4n) is 3.60. The van der Waals surface area contributed by atoms with Crippen LogP contribution in [0.15, 0.2) is 18.2 Å². The molecule has 9 heteroatoms. The number of sulfone groups is 1. The minimum Gasteiger partial charge on any atom is -0.331 e. The van der Waals surface area contributed by atoms with E-state index in [1.54, 1.807) is 23.9 Å². The van der Waals surface area contributed by atoms with Crippen molar-refractivity contribution in [2.24, 2.45) is 0 Å². The molecule has 138 valence electrons. The molecular weight excluding hydrogens is 352 g/mol. The Balaban J connectivity index is 1.87. The summed E-state index contributed by atoms with van der Waals surface area (Å²) in [5, 5.41) is 0. The molecule has 0 N–H and O–H groups in total. The summed E-state index contributed by atoms with van der Waals surface area (Å²) < 4.78 is 52.2. The van der Waals surface area contributed by atoms with E-state index in [0.717, 1.165) is 0 Å². The number of amides is 2. The number of halogens is 2. The molecule has 2 atom stereocenters. The van der Waals surface area contributed by atoms with Crippen LogP contribution in [0.1, 0.15) is 5.56 Å². The molecule has 6 nitrogen and oxygen atoms in total. The maximum Gasteiger partial charge on any atom is 0.319 e. The van der Waals surface area contributed by atoms with Gasteiger partial charge >= 0.3 is 6.03 Å². The number of carbonyl (C=O) groups excluding carboxylic acids is 1. The van der Waals surface area contributed by atoms with Crippen molar-refractivity contribution in [3.8, 4) is 0 Å². The molecule has 2 aliphatic heterocycles. The van der Waals surface area contributed by atoms with E-state index >= 15 is 0 Å². The molecular formula is C16H21F2N3O3S. The zero-order valence-electron chi connectivity index (χ0n) is 14.2. The van der Waals surface area contributed by atoms with Gasteiger partial charge in [0.1, 0.15) is 11.6 Å². The number of hydrogen-bond donors (Lipinski definition) is 0. The molecule has 0 bridgehead atoms. The Hall–Kier alpha value is -1.74. The summed E-state index contributed by atoms with van der Waals surface area (Å²) in [6.07, 6.45) is 0. The first-order valence-corrected chi connectivity index (χ1v) is 9.87. The average Bonchev–Trinajstić information content (AvgIpc) is 2.85. The number of benzene rings is 1. The van der Waals surface area contributed by atoms with E-state index in [1.807, 2.05) is 0 Å². The van der Waals surface area contributed by atoms with Gasteiger partial charge in [-0.05, 0) is 12.1 Å². The van der Waals surface area contributed by atoms with Crippen LogP contribution in [0.3, 0.4) is 0 Å². The molecule has 1 aromatic carbocycles. The van der Waals surface area contributed by atoms with Crippen LogP contribution in [0.4, 0.5) is 13.6 Å². The molecule has 0 spiro atoms. The SMILES string of the molecule is CN(C)C(=O)N1CCN(Cc2c(F)cccc2F)[C@H]2CS(=O)(=O)C[C@H]21. The predicted octanol–water partition coefficient (Wildman–Crippen LogP) is 0.930. The van der Waals surface area contributed by atoms with E-state index in [2.05, 4.69) is 0 Å². The molecule has 25 heavy (non-hydrogen) atoms. The van der Waals surface area contributed by atoms with Crippen molar-refractivity contribution in [3.63, 3.8) is 0 Å². The standard InChI is InChI=1S/C16H21F2N3O3S/c1-19(2)16(22)21-7-6-20(14-9-25(23,24)10-15(14)21)8-11-12(17)4-3-5-13(11)18/h3-5,14-15H,6-10H2,1-2H3/t14-,15+/m0/s1. The first-order valence-electron chi connectivity index (χ1n) is 8.05. The molecule has 3 rings (SSSR count). The van der Waals surface area contributed by atoms with Gasteiger partial charge in [0, 0.05) is 45.3 Å². The van der Waals surface area contributed by atoms with Crippen LogP contribution in [0.5, 0.6) is 0 Å². The molecule has 0 unspecified atom stereocenters. The van der Waals surface area contributed by atoms with Gasteiger partial charge < -0.3 is 9.80 Å². The highest BCUT2D eigenvalue weighted by Crippen LogP contribution is 2.29. The smallest absolute Gasteiger partial charge is 0.319 e. The van der Waals surface area contributed by atoms with Crippen LogP contribution >= 0.6 is 0 Å². The molecule has 0 aliphatic carbocycles. The molecule has 0 radical (unpaired) electrons. The highest BCUT2D eigenvalue weighted by Gasteiger charge is 2.48. The second kappa shape index (κ2) is 6.53. The van der Waals surface area contributed by atoms with Crippen molar-refractivity contribution >= 4 is 15.9 Å². The Morgan fingerprint density at radius 1 is 1.16 bits per heavy atom. The van der Waals surface area contributed by atoms with Gasteiger partial charge in [-0.15, -0.1) is 0 Å². The number of carbonyl (C=O) groups is 1. The molecule has 2 heterocycles. The lowest BCUT2D eigenvalue weighted by atomic mass is 10.0. The first-order chi connectivity index (χ1) is 11.7. The second-order valence-corrected chi connectivity index (χ2v) is 8.91. The lowest BCUT2D eigenvalue weighted by Gasteiger charge is -2.44. The highest BCUT2D eigenvalue weighted by atomic mass is 32.2. The monoisotopic (exact) mass is 373 g/mol. The second-order valence-electron chi connectivity index (χ2n) is 6.75. The maximum absolute atomic E-state index is 14.0. The third kappa shape index (κ3) is 3.48. The van der Waals surface area contributed by atoms with Crippen molar-refractivity contribution < 1.29 is 22.0 Å². The van der Waals surface area contributed by atoms with E-state index in [-0.39, 0.29) is 29.6 Å². The highest BCUT2D eigenvalue weighted by molar-refractivity contribution is 7.91. The van der Waals surface area contributed by atoms with Crippen LogP contribution in [-0.4, -0.2) is 79.9 Å². The van der Waals surface area contributed by atoms with Gasteiger partial charge in [0.05, 0.1) is 17.5 Å². The molecule has 0 aromatic heterocycles. The lowest BCUT2D eigenvalue weighted by Crippen LogP contribution is -2.61. The van der Waals surface area contributed by atoms with Crippen molar-refractivity contribution in [1.29, 1.82) is 0 Å². The van der Waals surface area contributed by atoms with Crippen molar-refractivity contribution in [3.05, 3.63) is 35.4 Å². The Morgan fingerprint density at radius 2 is 1.76 bits per heavy atom. The van der Waals surface area contributed by atoms with E-state index in [1.165, 1.54) is 23.1 Å². The van der Waals surface area contributed by atoms with Crippen molar-refractivity contribution in [1.82, 2.24) is 14.7 Å². The van der Waals surface area contributed by atoms with Crippen molar-refractivity contribution in [2.45, 2.75) is 18.6 Å². The number of piperazine rings is 1. The first kappa shape index (κ1) is 18.1. The minimum absolute atomic E-state index is 0.0147. The van der Waals surface area contributed by atoms with Crippen LogP contribution in [0.2, 0.25) is 0 Å². The van der Waals surface area contributed by atoms with Crippen LogP contribution in [0.25, 0.3) is 0 Å². The maximum atomic E-state index is 14.0. The fraction of sp³-hybridized carbons (Fsp3) is 0.562. The van der Waals surface area contributed by atoms with Crippen LogP contribution in [0, 0.1) is 11.6 Å². The Kier molecular flexibility index (Phi) is 4.72. The van der Waals surface area contributed by atoms with Gasteiger partial charge in [-0.3, -0.25) is 4.90 Å². The molecule has 2 aliphatic rings. The van der Waals surface area contributed by atoms with E-state index in [9.17, 15) is 22.0 Å². The summed E-state index contributed by atoms with van der Waals surface area (Å²) in [7, 11) is -0.0820. The molecule has 2 amide bonds. The van der Waals surface area contributed by atoms with E-state index < -0.39 is 33.6 Å². The Bertz CT molecular complexity index is 765. The van der Waals surface area contributed by atoms with Crippen LogP contribution in [-0.2, 0) is 16.4 Å². The predicted molar refractivity (Wildman–Crippen MR) is 88.8 cm³/mol. The van der Waals surface area contributed by atoms with Gasteiger partial charge in [0.25, 0.3) is 0 Å². The van der Waals surface area contributed by atoms with Gasteiger partial charge in [-0.2, -0.15) is 0 Å². The molecule has 0 saturated carbocycles. The minimum atomic E-state index is -3.31. The van der Waals surface area contributed by atoms with E-state index in [4.69, 9.17) is 0 Å². The molecule has 2 saturated heterocycles. The quantitative estimate of drug-likeness (QED) is 0.774. The Labute approximate surface area is 145 Å². The summed E-state index contributed by atoms with van der Waals surface area (Å²) in [4.78, 5) is 17.1. The summed E-state index contributed by atoms with van der Waals surface area (Å²) in [5.74, 6) is -1.52. The fourth-order valence-corrected chi connectivity index (χ4v) is 5.61. The lowest BCUT2D eigenvalue weighted by molar-refractivity contribution is 0.0508. The number of rotatable bonds is 2. The largest absolute Gasteiger partial charge is 0.331 e. The Morgan fingerprint density at radius 3 is 2.36 bits per heavy atom. The number of urea groups is 1. The van der Waals surface area contributed by atoms with Gasteiger partial charge in [0.2, 0.25) is 0 Å². The van der Waals surface area contributed by atoms with Gasteiger partial charge in [-0.25, -0.2) is 22.0 Å². The zero-order valence-corrected chi connectivity index (χ0v) is 15.0. The van der Waals surface area contributed by atoms with Crippen molar-refractivity contribution in [2.75, 3.05) is 38.7 Å². The third-order valence-electron chi connectivity index (χ3n) is 4.84. The normalized spacial score (nSPS) is 25.7. The van der Waals surface area contributed by atoms with E-state index in [0.29, 0.717) is 13.1 Å². The van der Waals surface area contributed by atoms with Crippen LogP contribution < -0.4 is 0 Å². The number of fused-ring (bicyclic) bond motifs is 1. The topological polar surface area (TPSA) is 60.9 Å². The number of nitrogens with zero attached hydrogens (tertiary/aromatic N) is 3. The van der Waals surface area contributed by atoms with Gasteiger partial charge in [-0.1, -0.05) is 6.07 Å². The molecule has 1 aromatic rings. The summed E-state index contributed by atoms with van der Waals surface area (Å²) in [6.45, 7) is 0.674. The summed E-state index contributed by atoms with van der Waals surface area (Å²) >= 11 is 0. The molecule has 2 fully saturated rings. The third-order valence-corrected chi connectivity index (χ3v) is 6.54.